The lowest BCUT2D eigenvalue weighted by atomic mass is 9.81. The summed E-state index contributed by atoms with van der Waals surface area (Å²) in [7, 11) is 0. The third kappa shape index (κ3) is 2.82. The lowest BCUT2D eigenvalue weighted by Crippen LogP contribution is -2.54. The zero-order chi connectivity index (χ0) is 11.6. The Kier molecular flexibility index (Phi) is 3.98. The van der Waals surface area contributed by atoms with E-state index < -0.39 is 0 Å². The predicted octanol–water partition coefficient (Wildman–Crippen LogP) is 2.49. The average Bonchev–Trinajstić information content (AvgIpc) is 2.82. The minimum absolute atomic E-state index is 0.488. The van der Waals surface area contributed by atoms with Crippen molar-refractivity contribution >= 4 is 11.8 Å². The van der Waals surface area contributed by atoms with E-state index >= 15 is 0 Å². The maximum Gasteiger partial charge on any atom is 0.0308 e. The van der Waals surface area contributed by atoms with Crippen molar-refractivity contribution in [1.82, 2.24) is 10.2 Å². The first-order valence-electron chi connectivity index (χ1n) is 7.45. The van der Waals surface area contributed by atoms with Crippen LogP contribution < -0.4 is 5.32 Å². The lowest BCUT2D eigenvalue weighted by molar-refractivity contribution is 0.136. The highest BCUT2D eigenvalue weighted by Gasteiger charge is 2.37. The van der Waals surface area contributed by atoms with Crippen LogP contribution in [0.4, 0.5) is 0 Å². The molecule has 2 nitrogen and oxygen atoms in total. The van der Waals surface area contributed by atoms with Gasteiger partial charge in [-0.15, -0.1) is 0 Å². The molecule has 0 aromatic carbocycles. The van der Waals surface area contributed by atoms with E-state index in [1.807, 2.05) is 0 Å². The summed E-state index contributed by atoms with van der Waals surface area (Å²) in [6.45, 7) is 3.91. The van der Waals surface area contributed by atoms with Crippen LogP contribution in [0.5, 0.6) is 0 Å². The quantitative estimate of drug-likeness (QED) is 0.774. The fraction of sp³-hybridized carbons (Fsp3) is 1.00. The topological polar surface area (TPSA) is 15.3 Å². The molecule has 3 fully saturated rings. The van der Waals surface area contributed by atoms with Crippen LogP contribution in [0.25, 0.3) is 0 Å². The third-order valence-electron chi connectivity index (χ3n) is 4.86. The van der Waals surface area contributed by atoms with Crippen LogP contribution in [-0.2, 0) is 0 Å². The Labute approximate surface area is 110 Å². The smallest absolute Gasteiger partial charge is 0.0308 e. The molecule has 1 N–H and O–H groups in total. The van der Waals surface area contributed by atoms with Gasteiger partial charge in [-0.3, -0.25) is 4.90 Å². The predicted molar refractivity (Wildman–Crippen MR) is 75.7 cm³/mol. The Hall–Kier alpha value is 0.270. The second-order valence-corrected chi connectivity index (χ2v) is 7.26. The number of hydrogen-bond donors (Lipinski definition) is 1. The molecular formula is C14H26N2S. The molecule has 17 heavy (non-hydrogen) atoms. The summed E-state index contributed by atoms with van der Waals surface area (Å²) >= 11 is 2.16. The van der Waals surface area contributed by atoms with Gasteiger partial charge >= 0.3 is 0 Å². The summed E-state index contributed by atoms with van der Waals surface area (Å²) in [6.07, 6.45) is 9.97. The number of thioether (sulfide) groups is 1. The largest absolute Gasteiger partial charge is 0.310 e. The first-order chi connectivity index (χ1) is 8.38. The Balaban J connectivity index is 1.67. The molecule has 3 heteroatoms. The summed E-state index contributed by atoms with van der Waals surface area (Å²) in [4.78, 5) is 2.82. The van der Waals surface area contributed by atoms with Crippen molar-refractivity contribution in [3.63, 3.8) is 0 Å². The molecular weight excluding hydrogens is 228 g/mol. The molecule has 1 unspecified atom stereocenters. The molecule has 1 aliphatic carbocycles. The second kappa shape index (κ2) is 5.50. The van der Waals surface area contributed by atoms with Gasteiger partial charge in [0.05, 0.1) is 0 Å². The van der Waals surface area contributed by atoms with Gasteiger partial charge in [-0.2, -0.15) is 11.8 Å². The van der Waals surface area contributed by atoms with Gasteiger partial charge in [0.1, 0.15) is 0 Å². The van der Waals surface area contributed by atoms with E-state index in [9.17, 15) is 0 Å². The molecule has 0 aromatic heterocycles. The molecule has 0 aromatic rings. The van der Waals surface area contributed by atoms with Crippen molar-refractivity contribution < 1.29 is 0 Å². The first kappa shape index (κ1) is 12.3. The molecule has 2 aliphatic heterocycles. The van der Waals surface area contributed by atoms with E-state index in [-0.39, 0.29) is 0 Å². The van der Waals surface area contributed by atoms with Crippen molar-refractivity contribution in [2.24, 2.45) is 0 Å². The highest BCUT2D eigenvalue weighted by atomic mass is 32.2. The van der Waals surface area contributed by atoms with Crippen molar-refractivity contribution in [2.75, 3.05) is 31.1 Å². The van der Waals surface area contributed by atoms with Crippen LogP contribution in [0.2, 0.25) is 0 Å². The van der Waals surface area contributed by atoms with Gasteiger partial charge in [-0.05, 0) is 44.5 Å². The lowest BCUT2D eigenvalue weighted by Gasteiger charge is -2.41. The Morgan fingerprint density at radius 1 is 1.12 bits per heavy atom. The molecule has 1 atom stereocenters. The summed E-state index contributed by atoms with van der Waals surface area (Å²) in [5, 5.41) is 3.90. The Bertz CT molecular complexity index is 245. The Morgan fingerprint density at radius 3 is 2.76 bits per heavy atom. The molecule has 1 spiro atoms. The van der Waals surface area contributed by atoms with E-state index in [1.165, 1.54) is 76.1 Å². The van der Waals surface area contributed by atoms with Gasteiger partial charge in [0.2, 0.25) is 0 Å². The van der Waals surface area contributed by atoms with E-state index in [0.29, 0.717) is 5.54 Å². The van der Waals surface area contributed by atoms with Crippen LogP contribution in [0, 0.1) is 0 Å². The summed E-state index contributed by atoms with van der Waals surface area (Å²) in [5.74, 6) is 2.78. The van der Waals surface area contributed by atoms with Crippen LogP contribution in [0.3, 0.4) is 0 Å². The zero-order valence-corrected chi connectivity index (χ0v) is 11.7. The van der Waals surface area contributed by atoms with Crippen LogP contribution in [0.15, 0.2) is 0 Å². The fourth-order valence-corrected chi connectivity index (χ4v) is 5.10. The van der Waals surface area contributed by atoms with Gasteiger partial charge in [0.25, 0.3) is 0 Å². The van der Waals surface area contributed by atoms with Gasteiger partial charge in [-0.25, -0.2) is 0 Å². The summed E-state index contributed by atoms with van der Waals surface area (Å²) < 4.78 is 0. The van der Waals surface area contributed by atoms with Crippen molar-refractivity contribution in [3.05, 3.63) is 0 Å². The minimum Gasteiger partial charge on any atom is -0.310 e. The Morgan fingerprint density at radius 2 is 2.00 bits per heavy atom. The number of rotatable bonds is 1. The molecule has 2 saturated heterocycles. The van der Waals surface area contributed by atoms with E-state index in [1.54, 1.807) is 0 Å². The van der Waals surface area contributed by atoms with Gasteiger partial charge in [-0.1, -0.05) is 19.3 Å². The van der Waals surface area contributed by atoms with E-state index in [2.05, 4.69) is 22.0 Å². The normalized spacial score (nSPS) is 34.9. The number of nitrogens with one attached hydrogen (secondary N) is 1. The second-order valence-electron chi connectivity index (χ2n) is 6.11. The number of hydrogen-bond acceptors (Lipinski definition) is 3. The highest BCUT2D eigenvalue weighted by Crippen LogP contribution is 2.32. The standard InChI is InChI=1S/C14H26N2S/c1-2-6-14(7-3-1)12-16(9-4-8-15-14)13-5-10-17-11-13/h13,15H,1-12H2. The van der Waals surface area contributed by atoms with Crippen LogP contribution in [0.1, 0.15) is 44.9 Å². The molecule has 3 aliphatic rings. The SMILES string of the molecule is C1CCC2(CC1)CN(C1CCSC1)CCCN2. The van der Waals surface area contributed by atoms with Crippen molar-refractivity contribution in [2.45, 2.75) is 56.5 Å². The summed E-state index contributed by atoms with van der Waals surface area (Å²) in [5.41, 5.74) is 0.488. The third-order valence-corrected chi connectivity index (χ3v) is 6.01. The molecule has 98 valence electrons. The van der Waals surface area contributed by atoms with Crippen molar-refractivity contribution in [1.29, 1.82) is 0 Å². The number of nitrogens with zero attached hydrogens (tertiary/aromatic N) is 1. The molecule has 3 rings (SSSR count). The van der Waals surface area contributed by atoms with Gasteiger partial charge < -0.3 is 5.32 Å². The molecule has 0 amide bonds. The van der Waals surface area contributed by atoms with Crippen LogP contribution >= 0.6 is 11.8 Å². The molecule has 0 radical (unpaired) electrons. The summed E-state index contributed by atoms with van der Waals surface area (Å²) in [6, 6.07) is 0.888. The molecule has 2 heterocycles. The van der Waals surface area contributed by atoms with E-state index in [4.69, 9.17) is 0 Å². The van der Waals surface area contributed by atoms with Gasteiger partial charge in [0, 0.05) is 23.9 Å². The van der Waals surface area contributed by atoms with Gasteiger partial charge in [0.15, 0.2) is 0 Å². The zero-order valence-electron chi connectivity index (χ0n) is 10.9. The van der Waals surface area contributed by atoms with Crippen molar-refractivity contribution in [3.8, 4) is 0 Å². The minimum atomic E-state index is 0.488. The molecule has 0 bridgehead atoms. The van der Waals surface area contributed by atoms with E-state index in [0.717, 1.165) is 6.04 Å². The molecule has 1 saturated carbocycles. The highest BCUT2D eigenvalue weighted by molar-refractivity contribution is 7.99. The maximum absolute atomic E-state index is 3.90. The van der Waals surface area contributed by atoms with Crippen LogP contribution in [-0.4, -0.2) is 47.6 Å². The fourth-order valence-electron chi connectivity index (χ4n) is 3.84. The monoisotopic (exact) mass is 254 g/mol. The maximum atomic E-state index is 3.90. The average molecular weight is 254 g/mol. The first-order valence-corrected chi connectivity index (χ1v) is 8.60.